The van der Waals surface area contributed by atoms with Crippen molar-refractivity contribution in [1.82, 2.24) is 10.2 Å². The van der Waals surface area contributed by atoms with Crippen molar-refractivity contribution >= 4 is 35.8 Å². The summed E-state index contributed by atoms with van der Waals surface area (Å²) >= 11 is 0. The van der Waals surface area contributed by atoms with E-state index in [-0.39, 0.29) is 35.9 Å². The Kier molecular flexibility index (Phi) is 12.7. The fourth-order valence-corrected chi connectivity index (χ4v) is 1.37. The van der Waals surface area contributed by atoms with Gasteiger partial charge in [-0.1, -0.05) is 6.92 Å². The lowest BCUT2D eigenvalue weighted by molar-refractivity contribution is -0.121. The Morgan fingerprint density at radius 1 is 1.33 bits per heavy atom. The Morgan fingerprint density at radius 3 is 2.33 bits per heavy atom. The van der Waals surface area contributed by atoms with Gasteiger partial charge in [-0.3, -0.25) is 9.79 Å². The van der Waals surface area contributed by atoms with Crippen molar-refractivity contribution in [3.05, 3.63) is 0 Å². The van der Waals surface area contributed by atoms with Crippen molar-refractivity contribution in [3.8, 4) is 0 Å². The number of carbonyl (C=O) groups is 1. The lowest BCUT2D eigenvalue weighted by Gasteiger charge is -2.19. The molecule has 0 aliphatic heterocycles. The van der Waals surface area contributed by atoms with Crippen LogP contribution in [-0.4, -0.2) is 42.4 Å². The summed E-state index contributed by atoms with van der Waals surface area (Å²) in [6, 6.07) is 0.228. The summed E-state index contributed by atoms with van der Waals surface area (Å²) in [5, 5.41) is 2.90. The molecule has 0 spiro atoms. The molecule has 0 saturated heterocycles. The van der Waals surface area contributed by atoms with Crippen LogP contribution in [0.4, 0.5) is 0 Å². The van der Waals surface area contributed by atoms with Gasteiger partial charge in [0.15, 0.2) is 5.96 Å². The summed E-state index contributed by atoms with van der Waals surface area (Å²) in [7, 11) is 0. The predicted molar refractivity (Wildman–Crippen MR) is 87.3 cm³/mol. The van der Waals surface area contributed by atoms with E-state index >= 15 is 0 Å². The fraction of sp³-hybridized carbons (Fsp3) is 0.833. The Bertz CT molecular complexity index is 254. The van der Waals surface area contributed by atoms with Crippen LogP contribution in [0.25, 0.3) is 0 Å². The zero-order valence-electron chi connectivity index (χ0n) is 11.9. The van der Waals surface area contributed by atoms with Gasteiger partial charge in [0.25, 0.3) is 0 Å². The van der Waals surface area contributed by atoms with Crippen molar-refractivity contribution < 1.29 is 4.79 Å². The SMILES string of the molecule is CCC(C)NC(=O)CCN=C(N)N(CC)CC.I. The van der Waals surface area contributed by atoms with E-state index in [1.54, 1.807) is 0 Å². The molecule has 0 aromatic carbocycles. The number of rotatable bonds is 7. The van der Waals surface area contributed by atoms with Crippen LogP contribution in [0.3, 0.4) is 0 Å². The Morgan fingerprint density at radius 2 is 1.89 bits per heavy atom. The average Bonchev–Trinajstić information content (AvgIpc) is 2.30. The molecule has 18 heavy (non-hydrogen) atoms. The van der Waals surface area contributed by atoms with Crippen LogP contribution in [0.15, 0.2) is 4.99 Å². The summed E-state index contributed by atoms with van der Waals surface area (Å²) < 4.78 is 0. The van der Waals surface area contributed by atoms with Gasteiger partial charge in [0.2, 0.25) is 5.91 Å². The van der Waals surface area contributed by atoms with Crippen molar-refractivity contribution in [2.75, 3.05) is 19.6 Å². The summed E-state index contributed by atoms with van der Waals surface area (Å²) in [4.78, 5) is 17.6. The first kappa shape index (κ1) is 19.8. The maximum absolute atomic E-state index is 11.5. The molecule has 1 unspecified atom stereocenters. The minimum Gasteiger partial charge on any atom is -0.370 e. The monoisotopic (exact) mass is 370 g/mol. The second-order valence-corrected chi connectivity index (χ2v) is 4.04. The minimum atomic E-state index is 0. The van der Waals surface area contributed by atoms with E-state index in [0.29, 0.717) is 18.9 Å². The molecule has 0 radical (unpaired) electrons. The van der Waals surface area contributed by atoms with E-state index in [9.17, 15) is 4.79 Å². The van der Waals surface area contributed by atoms with E-state index in [1.807, 2.05) is 32.6 Å². The van der Waals surface area contributed by atoms with Gasteiger partial charge in [0.05, 0.1) is 6.54 Å². The summed E-state index contributed by atoms with van der Waals surface area (Å²) in [5.74, 6) is 0.557. The molecule has 0 rings (SSSR count). The van der Waals surface area contributed by atoms with Gasteiger partial charge in [-0.15, -0.1) is 24.0 Å². The van der Waals surface area contributed by atoms with Crippen LogP contribution in [0, 0.1) is 0 Å². The average molecular weight is 370 g/mol. The number of nitrogens with one attached hydrogen (secondary N) is 1. The van der Waals surface area contributed by atoms with Gasteiger partial charge in [0.1, 0.15) is 0 Å². The minimum absolute atomic E-state index is 0. The standard InChI is InChI=1S/C12H26N4O.HI/c1-5-10(4)15-11(17)8-9-14-12(13)16(6-2)7-3;/h10H,5-9H2,1-4H3,(H2,13,14)(H,15,17);1H. The predicted octanol–water partition coefficient (Wildman–Crippen LogP) is 1.57. The number of hydrogen-bond donors (Lipinski definition) is 2. The van der Waals surface area contributed by atoms with Crippen LogP contribution >= 0.6 is 24.0 Å². The number of nitrogens with zero attached hydrogens (tertiary/aromatic N) is 2. The van der Waals surface area contributed by atoms with Gasteiger partial charge < -0.3 is 16.0 Å². The van der Waals surface area contributed by atoms with Crippen molar-refractivity contribution in [2.45, 2.75) is 46.6 Å². The number of nitrogens with two attached hydrogens (primary N) is 1. The molecule has 3 N–H and O–H groups in total. The lowest BCUT2D eigenvalue weighted by Crippen LogP contribution is -2.37. The van der Waals surface area contributed by atoms with Gasteiger partial charge in [-0.2, -0.15) is 0 Å². The molecular weight excluding hydrogens is 343 g/mol. The van der Waals surface area contributed by atoms with Gasteiger partial charge in [-0.25, -0.2) is 0 Å². The third-order valence-electron chi connectivity index (χ3n) is 2.72. The highest BCUT2D eigenvalue weighted by Crippen LogP contribution is 1.92. The van der Waals surface area contributed by atoms with Crippen LogP contribution in [0.2, 0.25) is 0 Å². The smallest absolute Gasteiger partial charge is 0.222 e. The zero-order chi connectivity index (χ0) is 13.3. The number of carbonyl (C=O) groups excluding carboxylic acids is 1. The first-order valence-electron chi connectivity index (χ1n) is 6.39. The van der Waals surface area contributed by atoms with Crippen LogP contribution < -0.4 is 11.1 Å². The largest absolute Gasteiger partial charge is 0.370 e. The highest BCUT2D eigenvalue weighted by atomic mass is 127. The number of hydrogen-bond acceptors (Lipinski definition) is 2. The normalized spacial score (nSPS) is 12.6. The van der Waals surface area contributed by atoms with Crippen molar-refractivity contribution in [1.29, 1.82) is 0 Å². The fourth-order valence-electron chi connectivity index (χ4n) is 1.37. The number of guanidine groups is 1. The van der Waals surface area contributed by atoms with Gasteiger partial charge in [0, 0.05) is 25.6 Å². The molecular formula is C12H27IN4O. The maximum Gasteiger partial charge on any atom is 0.222 e. The molecule has 5 nitrogen and oxygen atoms in total. The van der Waals surface area contributed by atoms with E-state index < -0.39 is 0 Å². The van der Waals surface area contributed by atoms with E-state index in [4.69, 9.17) is 5.73 Å². The molecule has 0 aliphatic rings. The van der Waals surface area contributed by atoms with E-state index in [2.05, 4.69) is 10.3 Å². The topological polar surface area (TPSA) is 70.7 Å². The summed E-state index contributed by atoms with van der Waals surface area (Å²) in [5.41, 5.74) is 5.80. The molecule has 0 saturated carbocycles. The van der Waals surface area contributed by atoms with Gasteiger partial charge in [-0.05, 0) is 27.2 Å². The Balaban J connectivity index is 0. The highest BCUT2D eigenvalue weighted by Gasteiger charge is 2.05. The first-order chi connectivity index (χ1) is 8.04. The van der Waals surface area contributed by atoms with E-state index in [0.717, 1.165) is 19.5 Å². The van der Waals surface area contributed by atoms with Crippen LogP contribution in [0.1, 0.15) is 40.5 Å². The van der Waals surface area contributed by atoms with Crippen LogP contribution in [-0.2, 0) is 4.79 Å². The number of amides is 1. The molecule has 0 aromatic heterocycles. The molecule has 108 valence electrons. The van der Waals surface area contributed by atoms with Crippen molar-refractivity contribution in [2.24, 2.45) is 10.7 Å². The third kappa shape index (κ3) is 8.54. The molecule has 0 heterocycles. The highest BCUT2D eigenvalue weighted by molar-refractivity contribution is 14.0. The molecule has 1 atom stereocenters. The summed E-state index contributed by atoms with van der Waals surface area (Å²) in [6.45, 7) is 10.2. The molecule has 1 amide bonds. The summed E-state index contributed by atoms with van der Waals surface area (Å²) in [6.07, 6.45) is 1.34. The molecule has 0 fully saturated rings. The Labute approximate surface area is 128 Å². The zero-order valence-corrected chi connectivity index (χ0v) is 14.2. The molecule has 0 bridgehead atoms. The molecule has 6 heteroatoms. The van der Waals surface area contributed by atoms with Crippen LogP contribution in [0.5, 0.6) is 0 Å². The van der Waals surface area contributed by atoms with E-state index in [1.165, 1.54) is 0 Å². The lowest BCUT2D eigenvalue weighted by atomic mass is 10.2. The first-order valence-corrected chi connectivity index (χ1v) is 6.39. The quantitative estimate of drug-likeness (QED) is 0.406. The molecule has 0 aliphatic carbocycles. The Hall–Kier alpha value is -0.530. The molecule has 0 aromatic rings. The number of aliphatic imine (C=N–C) groups is 1. The van der Waals surface area contributed by atoms with Gasteiger partial charge >= 0.3 is 0 Å². The van der Waals surface area contributed by atoms with Crippen molar-refractivity contribution in [3.63, 3.8) is 0 Å². The number of halogens is 1. The third-order valence-corrected chi connectivity index (χ3v) is 2.72. The maximum atomic E-state index is 11.5. The second-order valence-electron chi connectivity index (χ2n) is 4.04. The second kappa shape index (κ2) is 11.6.